The first kappa shape index (κ1) is 27.1. The number of nitrogens with one attached hydrogen (secondary N) is 2. The molecule has 216 valence electrons. The summed E-state index contributed by atoms with van der Waals surface area (Å²) in [5.74, 6) is -0.532. The number of benzene rings is 2. The van der Waals surface area contributed by atoms with Crippen molar-refractivity contribution in [2.24, 2.45) is 5.92 Å². The van der Waals surface area contributed by atoms with Crippen LogP contribution in [0, 0.1) is 11.7 Å². The van der Waals surface area contributed by atoms with E-state index in [0.29, 0.717) is 34.4 Å². The van der Waals surface area contributed by atoms with Crippen LogP contribution in [-0.4, -0.2) is 54.0 Å². The van der Waals surface area contributed by atoms with Crippen LogP contribution in [0.4, 0.5) is 4.39 Å². The van der Waals surface area contributed by atoms with E-state index in [0.717, 1.165) is 32.1 Å². The quantitative estimate of drug-likeness (QED) is 0.416. The Kier molecular flexibility index (Phi) is 6.66. The number of ether oxygens (including phenoxy) is 2. The maximum Gasteiger partial charge on any atom is 0.294 e. The highest BCUT2D eigenvalue weighted by Gasteiger charge is 2.49. The fourth-order valence-electron chi connectivity index (χ4n) is 5.60. The van der Waals surface area contributed by atoms with E-state index < -0.39 is 23.2 Å². The molecule has 2 heterocycles. The normalized spacial score (nSPS) is 21.4. The molecule has 0 radical (unpaired) electrons. The predicted molar refractivity (Wildman–Crippen MR) is 148 cm³/mol. The zero-order valence-electron chi connectivity index (χ0n) is 23.5. The van der Waals surface area contributed by atoms with Gasteiger partial charge in [-0.2, -0.15) is 0 Å². The van der Waals surface area contributed by atoms with Gasteiger partial charge in [0.25, 0.3) is 11.8 Å². The number of hydrogen-bond acceptors (Lipinski definition) is 6. The van der Waals surface area contributed by atoms with Crippen molar-refractivity contribution < 1.29 is 32.7 Å². The lowest BCUT2D eigenvalue weighted by Gasteiger charge is -2.39. The number of rotatable bonds is 8. The molecule has 0 saturated heterocycles. The van der Waals surface area contributed by atoms with Gasteiger partial charge < -0.3 is 29.4 Å². The molecule has 2 aliphatic carbocycles. The van der Waals surface area contributed by atoms with Gasteiger partial charge in [0.05, 0.1) is 12.5 Å². The van der Waals surface area contributed by atoms with Gasteiger partial charge in [-0.1, -0.05) is 0 Å². The lowest BCUT2D eigenvalue weighted by atomic mass is 9.78. The highest BCUT2D eigenvalue weighted by Crippen LogP contribution is 2.41. The minimum Gasteiger partial charge on any atom is -0.496 e. The summed E-state index contributed by atoms with van der Waals surface area (Å²) < 4.78 is 31.4. The van der Waals surface area contributed by atoms with Crippen molar-refractivity contribution in [2.75, 3.05) is 20.3 Å². The second-order valence-electron chi connectivity index (χ2n) is 11.9. The Labute approximate surface area is 237 Å². The standard InChI is InChI=1S/C31H34FN3O6/c1-30(11-4-12-30)34-27(36)19-7-9-22-24(14-19)41-26-25(22)40-17-31(2,35(28(26)37)16-18-5-6-18)29(38)33-15-20-13-21(32)8-10-23(20)39-3/h7-10,13-14,18H,4-6,11-12,15-17H2,1-3H3,(H,33,38)(H,34,36). The summed E-state index contributed by atoms with van der Waals surface area (Å²) in [7, 11) is 1.48. The average molecular weight is 564 g/mol. The Morgan fingerprint density at radius 3 is 2.61 bits per heavy atom. The zero-order valence-corrected chi connectivity index (χ0v) is 23.5. The fraction of sp³-hybridized carbons (Fsp3) is 0.452. The Morgan fingerprint density at radius 2 is 1.93 bits per heavy atom. The SMILES string of the molecule is COc1ccc(F)cc1CNC(=O)C1(C)COc2c(oc3cc(C(=O)NC4(C)CCC4)ccc23)C(=O)N1CC1CC1. The zero-order chi connectivity index (χ0) is 28.9. The smallest absolute Gasteiger partial charge is 0.294 e. The monoisotopic (exact) mass is 563 g/mol. The van der Waals surface area contributed by atoms with Crippen LogP contribution in [0.15, 0.2) is 40.8 Å². The van der Waals surface area contributed by atoms with Crippen LogP contribution >= 0.6 is 0 Å². The highest BCUT2D eigenvalue weighted by molar-refractivity contribution is 6.06. The summed E-state index contributed by atoms with van der Waals surface area (Å²) in [6, 6.07) is 9.13. The van der Waals surface area contributed by atoms with Gasteiger partial charge in [-0.15, -0.1) is 0 Å². The van der Waals surface area contributed by atoms with Gasteiger partial charge >= 0.3 is 0 Å². The molecule has 2 N–H and O–H groups in total. The second-order valence-corrected chi connectivity index (χ2v) is 11.9. The van der Waals surface area contributed by atoms with Crippen molar-refractivity contribution in [2.45, 2.75) is 63.6 Å². The summed E-state index contributed by atoms with van der Waals surface area (Å²) in [5.41, 5.74) is -0.268. The molecule has 2 saturated carbocycles. The summed E-state index contributed by atoms with van der Waals surface area (Å²) in [5, 5.41) is 6.50. The van der Waals surface area contributed by atoms with E-state index in [1.165, 1.54) is 30.2 Å². The van der Waals surface area contributed by atoms with E-state index >= 15 is 0 Å². The van der Waals surface area contributed by atoms with Crippen LogP contribution in [0.3, 0.4) is 0 Å². The third-order valence-corrected chi connectivity index (χ3v) is 8.62. The van der Waals surface area contributed by atoms with Crippen LogP contribution in [-0.2, 0) is 11.3 Å². The molecule has 10 heteroatoms. The molecule has 2 fully saturated rings. The number of carbonyl (C=O) groups is 3. The largest absolute Gasteiger partial charge is 0.496 e. The van der Waals surface area contributed by atoms with Gasteiger partial charge in [0.1, 0.15) is 23.8 Å². The van der Waals surface area contributed by atoms with E-state index in [1.807, 2.05) is 6.92 Å². The van der Waals surface area contributed by atoms with Crippen LogP contribution in [0.1, 0.15) is 72.4 Å². The number of furan rings is 1. The van der Waals surface area contributed by atoms with E-state index in [9.17, 15) is 18.8 Å². The van der Waals surface area contributed by atoms with Crippen molar-refractivity contribution in [3.8, 4) is 11.5 Å². The molecule has 1 unspecified atom stereocenters. The third-order valence-electron chi connectivity index (χ3n) is 8.62. The molecule has 1 atom stereocenters. The Balaban J connectivity index is 1.27. The van der Waals surface area contributed by atoms with Gasteiger partial charge in [0.2, 0.25) is 11.7 Å². The van der Waals surface area contributed by atoms with Crippen molar-refractivity contribution in [1.82, 2.24) is 15.5 Å². The van der Waals surface area contributed by atoms with E-state index in [1.54, 1.807) is 25.1 Å². The van der Waals surface area contributed by atoms with Crippen molar-refractivity contribution >= 4 is 28.7 Å². The Hall–Kier alpha value is -4.08. The molecule has 6 rings (SSSR count). The van der Waals surface area contributed by atoms with Gasteiger partial charge in [0, 0.05) is 29.8 Å². The molecule has 3 aliphatic rings. The third kappa shape index (κ3) is 5.00. The van der Waals surface area contributed by atoms with E-state index in [4.69, 9.17) is 13.9 Å². The highest BCUT2D eigenvalue weighted by atomic mass is 19.1. The molecule has 1 aliphatic heterocycles. The minimum absolute atomic E-state index is 0.00693. The molecular weight excluding hydrogens is 529 g/mol. The second kappa shape index (κ2) is 10.1. The summed E-state index contributed by atoms with van der Waals surface area (Å²) in [4.78, 5) is 42.1. The van der Waals surface area contributed by atoms with Gasteiger partial charge in [-0.3, -0.25) is 14.4 Å². The number of amides is 3. The number of nitrogens with zero attached hydrogens (tertiary/aromatic N) is 1. The predicted octanol–water partition coefficient (Wildman–Crippen LogP) is 4.57. The number of hydrogen-bond donors (Lipinski definition) is 2. The lowest BCUT2D eigenvalue weighted by Crippen LogP contribution is -2.61. The average Bonchev–Trinajstić information content (AvgIpc) is 3.71. The van der Waals surface area contributed by atoms with E-state index in [-0.39, 0.29) is 42.0 Å². The number of carbonyl (C=O) groups excluding carboxylic acids is 3. The maximum absolute atomic E-state index is 14.0. The Bertz CT molecular complexity index is 1540. The number of fused-ring (bicyclic) bond motifs is 3. The summed E-state index contributed by atoms with van der Waals surface area (Å²) >= 11 is 0. The van der Waals surface area contributed by atoms with Crippen LogP contribution in [0.2, 0.25) is 0 Å². The molecular formula is C31H34FN3O6. The first-order valence-electron chi connectivity index (χ1n) is 14.0. The first-order valence-corrected chi connectivity index (χ1v) is 14.0. The summed E-state index contributed by atoms with van der Waals surface area (Å²) in [6.45, 7) is 3.98. The molecule has 9 nitrogen and oxygen atoms in total. The molecule has 41 heavy (non-hydrogen) atoms. The van der Waals surface area contributed by atoms with Crippen LogP contribution in [0.25, 0.3) is 11.0 Å². The van der Waals surface area contributed by atoms with Crippen LogP contribution < -0.4 is 20.1 Å². The number of methoxy groups -OCH3 is 1. The first-order chi connectivity index (χ1) is 19.6. The van der Waals surface area contributed by atoms with Crippen molar-refractivity contribution in [3.63, 3.8) is 0 Å². The molecule has 3 aromatic rings. The Morgan fingerprint density at radius 1 is 1.15 bits per heavy atom. The topological polar surface area (TPSA) is 110 Å². The van der Waals surface area contributed by atoms with Gasteiger partial charge in [-0.25, -0.2) is 4.39 Å². The lowest BCUT2D eigenvalue weighted by molar-refractivity contribution is -0.133. The van der Waals surface area contributed by atoms with Gasteiger partial charge in [0.15, 0.2) is 11.3 Å². The molecule has 3 amide bonds. The molecule has 0 bridgehead atoms. The van der Waals surface area contributed by atoms with Crippen molar-refractivity contribution in [1.29, 1.82) is 0 Å². The minimum atomic E-state index is -1.36. The van der Waals surface area contributed by atoms with Crippen LogP contribution in [0.5, 0.6) is 11.5 Å². The molecule has 1 aromatic heterocycles. The van der Waals surface area contributed by atoms with Crippen molar-refractivity contribution in [3.05, 3.63) is 59.1 Å². The number of halogens is 1. The van der Waals surface area contributed by atoms with E-state index in [2.05, 4.69) is 10.6 Å². The molecule has 0 spiro atoms. The molecule has 2 aromatic carbocycles. The maximum atomic E-state index is 14.0. The van der Waals surface area contributed by atoms with Gasteiger partial charge in [-0.05, 0) is 88.3 Å². The fourth-order valence-corrected chi connectivity index (χ4v) is 5.60. The summed E-state index contributed by atoms with van der Waals surface area (Å²) in [6.07, 6.45) is 4.91.